The van der Waals surface area contributed by atoms with E-state index in [1.54, 1.807) is 0 Å². The van der Waals surface area contributed by atoms with Crippen molar-refractivity contribution in [3.05, 3.63) is 0 Å². The summed E-state index contributed by atoms with van der Waals surface area (Å²) in [6.45, 7) is 0.736. The van der Waals surface area contributed by atoms with E-state index in [4.69, 9.17) is 0 Å². The molecule has 0 spiro atoms. The summed E-state index contributed by atoms with van der Waals surface area (Å²) in [6.07, 6.45) is 1.39. The molecule has 0 bridgehead atoms. The van der Waals surface area contributed by atoms with E-state index in [-0.39, 0.29) is 37.2 Å². The van der Waals surface area contributed by atoms with Crippen molar-refractivity contribution in [3.8, 4) is 0 Å². The van der Waals surface area contributed by atoms with Crippen molar-refractivity contribution in [1.82, 2.24) is 5.32 Å². The lowest BCUT2D eigenvalue weighted by Gasteiger charge is -2.30. The monoisotopic (exact) mass is 321 g/mol. The van der Waals surface area contributed by atoms with Gasteiger partial charge in [-0.15, -0.1) is 12.4 Å². The third-order valence-electron chi connectivity index (χ3n) is 3.95. The Morgan fingerprint density at radius 1 is 1.06 bits per heavy atom. The Hall–Kier alpha value is 0.550. The summed E-state index contributed by atoms with van der Waals surface area (Å²) >= 11 is 0. The molecule has 2 aliphatic rings. The third kappa shape index (κ3) is 2.56. The van der Waals surface area contributed by atoms with Gasteiger partial charge in [0.1, 0.15) is 0 Å². The van der Waals surface area contributed by atoms with Gasteiger partial charge in [-0.05, 0) is 38.1 Å². The molecule has 1 aliphatic heterocycles. The van der Waals surface area contributed by atoms with Crippen LogP contribution in [-0.4, -0.2) is 37.1 Å². The van der Waals surface area contributed by atoms with E-state index in [1.807, 2.05) is 0 Å². The smallest absolute Gasteiger partial charge is 0.324 e. The molecule has 1 heterocycles. The highest BCUT2D eigenvalue weighted by Crippen LogP contribution is 2.76. The zero-order valence-electron chi connectivity index (χ0n) is 9.60. The Bertz CT molecular complexity index is 368. The Kier molecular flexibility index (Phi) is 4.75. The molecule has 0 amide bonds. The first-order valence-corrected chi connectivity index (χ1v) is 8.74. The SMILES string of the molecule is Cl.O=P(O)(O)C1(P(=O)(O)O)C[C@@H]2CCCN[C@@H]2C1. The predicted molar refractivity (Wildman–Crippen MR) is 67.8 cm³/mol. The topological polar surface area (TPSA) is 127 Å². The lowest BCUT2D eigenvalue weighted by Crippen LogP contribution is -2.38. The van der Waals surface area contributed by atoms with Crippen LogP contribution in [0.2, 0.25) is 0 Å². The van der Waals surface area contributed by atoms with Crippen molar-refractivity contribution in [2.45, 2.75) is 36.6 Å². The van der Waals surface area contributed by atoms with Crippen molar-refractivity contribution in [2.75, 3.05) is 6.54 Å². The predicted octanol–water partition coefficient (Wildman–Crippen LogP) is 0.622. The Balaban J connectivity index is 0.00000162. The molecule has 0 aromatic carbocycles. The summed E-state index contributed by atoms with van der Waals surface area (Å²) in [5.41, 5.74) is 0. The molecule has 0 aromatic heterocycles. The van der Waals surface area contributed by atoms with E-state index in [1.165, 1.54) is 0 Å². The summed E-state index contributed by atoms with van der Waals surface area (Å²) in [4.78, 5) is 35.2. The number of fused-ring (bicyclic) bond motifs is 1. The van der Waals surface area contributed by atoms with Crippen LogP contribution in [0.3, 0.4) is 0 Å². The Morgan fingerprint density at radius 3 is 2.06 bits per heavy atom. The summed E-state index contributed by atoms with van der Waals surface area (Å²) in [5, 5.41) is 3.09. The minimum absolute atomic E-state index is 0. The lowest BCUT2D eigenvalue weighted by molar-refractivity contribution is 0.303. The van der Waals surface area contributed by atoms with Crippen LogP contribution in [0.25, 0.3) is 0 Å². The minimum atomic E-state index is -4.84. The number of piperidine rings is 1. The van der Waals surface area contributed by atoms with Gasteiger partial charge in [0, 0.05) is 6.04 Å². The van der Waals surface area contributed by atoms with Crippen LogP contribution in [0.15, 0.2) is 0 Å². The molecule has 18 heavy (non-hydrogen) atoms. The molecule has 2 fully saturated rings. The van der Waals surface area contributed by atoms with Crippen LogP contribution < -0.4 is 5.32 Å². The maximum Gasteiger partial charge on any atom is 0.343 e. The molecular formula is C8H18ClNO6P2. The fraction of sp³-hybridized carbons (Fsp3) is 1.00. The number of hydrogen-bond acceptors (Lipinski definition) is 3. The average molecular weight is 322 g/mol. The molecule has 1 saturated heterocycles. The molecule has 1 saturated carbocycles. The molecule has 0 unspecified atom stereocenters. The fourth-order valence-corrected chi connectivity index (χ4v) is 6.17. The van der Waals surface area contributed by atoms with Crippen LogP contribution in [-0.2, 0) is 9.13 Å². The van der Waals surface area contributed by atoms with Gasteiger partial charge in [-0.1, -0.05) is 0 Å². The highest BCUT2D eigenvalue weighted by Gasteiger charge is 2.65. The van der Waals surface area contributed by atoms with Crippen LogP contribution in [0, 0.1) is 5.92 Å². The van der Waals surface area contributed by atoms with Crippen molar-refractivity contribution in [3.63, 3.8) is 0 Å². The van der Waals surface area contributed by atoms with Crippen LogP contribution >= 0.6 is 27.6 Å². The number of hydrogen-bond donors (Lipinski definition) is 5. The maximum absolute atomic E-state index is 11.5. The number of nitrogens with one attached hydrogen (secondary N) is 1. The van der Waals surface area contributed by atoms with Crippen LogP contribution in [0.4, 0.5) is 0 Å². The van der Waals surface area contributed by atoms with Gasteiger partial charge in [-0.2, -0.15) is 0 Å². The van der Waals surface area contributed by atoms with Crippen LogP contribution in [0.1, 0.15) is 25.7 Å². The van der Waals surface area contributed by atoms with Gasteiger partial charge in [0.05, 0.1) is 0 Å². The normalized spacial score (nSPS) is 31.6. The van der Waals surface area contributed by atoms with E-state index in [0.29, 0.717) is 0 Å². The summed E-state index contributed by atoms with van der Waals surface area (Å²) in [5.74, 6) is -0.0519. The molecule has 10 heteroatoms. The zero-order chi connectivity index (χ0) is 12.9. The zero-order valence-corrected chi connectivity index (χ0v) is 12.2. The second kappa shape index (κ2) is 5.15. The van der Waals surface area contributed by atoms with E-state index in [0.717, 1.165) is 19.4 Å². The van der Waals surface area contributed by atoms with Gasteiger partial charge in [-0.3, -0.25) is 9.13 Å². The number of halogens is 1. The second-order valence-electron chi connectivity index (χ2n) is 4.94. The Labute approximate surface area is 111 Å². The van der Waals surface area contributed by atoms with Gasteiger partial charge in [-0.25, -0.2) is 0 Å². The van der Waals surface area contributed by atoms with Gasteiger partial charge in [0.2, 0.25) is 0 Å². The van der Waals surface area contributed by atoms with Gasteiger partial charge < -0.3 is 24.9 Å². The molecule has 108 valence electrons. The minimum Gasteiger partial charge on any atom is -0.324 e. The van der Waals surface area contributed by atoms with Gasteiger partial charge in [0.25, 0.3) is 0 Å². The largest absolute Gasteiger partial charge is 0.343 e. The Morgan fingerprint density at radius 2 is 1.61 bits per heavy atom. The van der Waals surface area contributed by atoms with Crippen LogP contribution in [0.5, 0.6) is 0 Å². The molecule has 7 nitrogen and oxygen atoms in total. The molecule has 0 aromatic rings. The molecule has 1 aliphatic carbocycles. The fourth-order valence-electron chi connectivity index (χ4n) is 3.00. The quantitative estimate of drug-likeness (QED) is 0.472. The molecule has 5 N–H and O–H groups in total. The second-order valence-corrected chi connectivity index (χ2v) is 9.18. The first-order chi connectivity index (χ1) is 7.67. The van der Waals surface area contributed by atoms with E-state index >= 15 is 0 Å². The highest BCUT2D eigenvalue weighted by atomic mass is 35.5. The summed E-state index contributed by atoms with van der Waals surface area (Å²) in [6, 6.07) is -0.191. The number of rotatable bonds is 2. The van der Waals surface area contributed by atoms with Crippen molar-refractivity contribution in [1.29, 1.82) is 0 Å². The summed E-state index contributed by atoms with van der Waals surface area (Å²) < 4.78 is 23.0. The molecule has 0 radical (unpaired) electrons. The third-order valence-corrected chi connectivity index (χ3v) is 8.41. The van der Waals surface area contributed by atoms with E-state index in [2.05, 4.69) is 5.32 Å². The van der Waals surface area contributed by atoms with Crippen molar-refractivity contribution in [2.24, 2.45) is 5.92 Å². The standard InChI is InChI=1S/C8H17NO6P2.ClH/c10-16(11,12)8(17(13,14)15)4-6-2-1-3-9-7(6)5-8;/h6-7,9H,1-5H2,(H2,10,11,12)(H2,13,14,15);1H/t6-,7+;/m0./s1. The summed E-state index contributed by atoms with van der Waals surface area (Å²) in [7, 11) is -9.68. The first kappa shape index (κ1) is 16.6. The molecule has 2 rings (SSSR count). The molecular weight excluding hydrogens is 303 g/mol. The van der Waals surface area contributed by atoms with E-state index < -0.39 is 20.1 Å². The maximum atomic E-state index is 11.5. The lowest BCUT2D eigenvalue weighted by atomic mass is 9.94. The van der Waals surface area contributed by atoms with Crippen molar-refractivity contribution >= 4 is 27.6 Å². The average Bonchev–Trinajstić information content (AvgIpc) is 2.55. The van der Waals surface area contributed by atoms with E-state index in [9.17, 15) is 28.7 Å². The first-order valence-electron chi connectivity index (χ1n) is 5.52. The van der Waals surface area contributed by atoms with Crippen molar-refractivity contribution < 1.29 is 28.7 Å². The van der Waals surface area contributed by atoms with Gasteiger partial charge in [0.15, 0.2) is 4.90 Å². The highest BCUT2D eigenvalue weighted by molar-refractivity contribution is 7.72. The van der Waals surface area contributed by atoms with Gasteiger partial charge >= 0.3 is 15.2 Å². The molecule has 2 atom stereocenters.